The zero-order valence-electron chi connectivity index (χ0n) is 7.01. The molecule has 2 heterocycles. The quantitative estimate of drug-likeness (QED) is 0.767. The van der Waals surface area contributed by atoms with Crippen LogP contribution in [0.15, 0.2) is 23.2 Å². The first kappa shape index (κ1) is 8.89. The fourth-order valence-electron chi connectivity index (χ4n) is 0.873. The highest BCUT2D eigenvalue weighted by molar-refractivity contribution is 6.28. The van der Waals surface area contributed by atoms with E-state index in [1.54, 1.807) is 12.3 Å². The lowest BCUT2D eigenvalue weighted by molar-refractivity contribution is 0.411. The number of halogens is 1. The maximum Gasteiger partial charge on any atom is 0.224 e. The summed E-state index contributed by atoms with van der Waals surface area (Å²) in [5.41, 5.74) is 0. The van der Waals surface area contributed by atoms with Crippen molar-refractivity contribution < 1.29 is 4.52 Å². The minimum Gasteiger partial charge on any atom is -0.362 e. The Morgan fingerprint density at radius 3 is 3.07 bits per heavy atom. The molecule has 0 fully saturated rings. The van der Waals surface area contributed by atoms with E-state index in [1.807, 2.05) is 0 Å². The predicted molar refractivity (Wildman–Crippen MR) is 48.7 cm³/mol. The van der Waals surface area contributed by atoms with Gasteiger partial charge < -0.3 is 9.84 Å². The highest BCUT2D eigenvalue weighted by Crippen LogP contribution is 2.06. The van der Waals surface area contributed by atoms with Gasteiger partial charge in [-0.3, -0.25) is 0 Å². The van der Waals surface area contributed by atoms with Crippen LogP contribution in [0.25, 0.3) is 0 Å². The number of nitrogens with one attached hydrogen (secondary N) is 1. The van der Waals surface area contributed by atoms with Crippen LogP contribution in [-0.4, -0.2) is 20.1 Å². The van der Waals surface area contributed by atoms with Gasteiger partial charge in [-0.05, 0) is 17.7 Å². The molecule has 0 saturated carbocycles. The molecule has 0 atom stereocenters. The van der Waals surface area contributed by atoms with Crippen molar-refractivity contribution >= 4 is 17.4 Å². The van der Waals surface area contributed by atoms with E-state index in [9.17, 15) is 0 Å². The molecule has 0 aliphatic heterocycles. The fourth-order valence-corrected chi connectivity index (χ4v) is 1.02. The van der Waals surface area contributed by atoms with Crippen LogP contribution in [0.4, 0.5) is 5.82 Å². The lowest BCUT2D eigenvalue weighted by Gasteiger charge is -2.00. The predicted octanol–water partition coefficient (Wildman–Crippen LogP) is 1.13. The summed E-state index contributed by atoms with van der Waals surface area (Å²) in [6.07, 6.45) is 2.83. The minimum atomic E-state index is 0.197. The van der Waals surface area contributed by atoms with Crippen LogP contribution in [0.1, 0.15) is 5.82 Å². The van der Waals surface area contributed by atoms with Gasteiger partial charge in [-0.25, -0.2) is 9.97 Å². The number of aromatic nitrogens is 4. The first-order chi connectivity index (χ1) is 6.84. The summed E-state index contributed by atoms with van der Waals surface area (Å²) in [5, 5.41) is 6.79. The molecule has 2 aromatic heterocycles. The zero-order chi connectivity index (χ0) is 9.80. The number of rotatable bonds is 3. The molecule has 2 aromatic rings. The van der Waals surface area contributed by atoms with Crippen molar-refractivity contribution in [1.29, 1.82) is 0 Å². The molecule has 0 aromatic carbocycles. The molecule has 0 unspecified atom stereocenters. The number of nitrogens with zero attached hydrogens (tertiary/aromatic N) is 4. The van der Waals surface area contributed by atoms with Gasteiger partial charge in [0.25, 0.3) is 0 Å². The summed E-state index contributed by atoms with van der Waals surface area (Å²) in [6, 6.07) is 1.70. The van der Waals surface area contributed by atoms with E-state index >= 15 is 0 Å². The second kappa shape index (κ2) is 4.01. The fraction of sp³-hybridized carbons (Fsp3) is 0.143. The van der Waals surface area contributed by atoms with Crippen molar-refractivity contribution in [1.82, 2.24) is 20.1 Å². The van der Waals surface area contributed by atoms with Crippen molar-refractivity contribution in [2.24, 2.45) is 0 Å². The van der Waals surface area contributed by atoms with Crippen LogP contribution in [0.3, 0.4) is 0 Å². The van der Waals surface area contributed by atoms with Crippen LogP contribution in [0.5, 0.6) is 0 Å². The molecule has 2 rings (SSSR count). The van der Waals surface area contributed by atoms with Crippen molar-refractivity contribution in [3.8, 4) is 0 Å². The van der Waals surface area contributed by atoms with Gasteiger partial charge in [0, 0.05) is 6.20 Å². The molecule has 6 nitrogen and oxygen atoms in total. The Labute approximate surface area is 84.3 Å². The Balaban J connectivity index is 1.98. The molecule has 7 heteroatoms. The third kappa shape index (κ3) is 2.17. The molecular formula is C7H6ClN5O. The molecule has 0 spiro atoms. The molecule has 0 amide bonds. The van der Waals surface area contributed by atoms with Gasteiger partial charge >= 0.3 is 0 Å². The summed E-state index contributed by atoms with van der Waals surface area (Å²) in [4.78, 5) is 11.5. The van der Waals surface area contributed by atoms with E-state index in [-0.39, 0.29) is 5.28 Å². The lowest BCUT2D eigenvalue weighted by atomic mass is 10.5. The van der Waals surface area contributed by atoms with E-state index in [0.29, 0.717) is 18.2 Å². The van der Waals surface area contributed by atoms with Crippen molar-refractivity contribution in [2.75, 3.05) is 5.32 Å². The maximum atomic E-state index is 5.59. The van der Waals surface area contributed by atoms with E-state index < -0.39 is 0 Å². The molecule has 14 heavy (non-hydrogen) atoms. The average Bonchev–Trinajstić information content (AvgIpc) is 2.67. The van der Waals surface area contributed by atoms with Crippen molar-refractivity contribution in [3.05, 3.63) is 29.8 Å². The number of anilines is 1. The molecular weight excluding hydrogens is 206 g/mol. The SMILES string of the molecule is Clc1nccc(NCc2ncon2)n1. The van der Waals surface area contributed by atoms with Crippen LogP contribution < -0.4 is 5.32 Å². The second-order valence-corrected chi connectivity index (χ2v) is 2.75. The molecule has 0 bridgehead atoms. The highest BCUT2D eigenvalue weighted by atomic mass is 35.5. The topological polar surface area (TPSA) is 76.7 Å². The molecule has 0 saturated heterocycles. The van der Waals surface area contributed by atoms with E-state index in [2.05, 4.69) is 29.9 Å². The largest absolute Gasteiger partial charge is 0.362 e. The molecule has 72 valence electrons. The zero-order valence-corrected chi connectivity index (χ0v) is 7.77. The third-order valence-corrected chi connectivity index (χ3v) is 1.64. The monoisotopic (exact) mass is 211 g/mol. The van der Waals surface area contributed by atoms with Gasteiger partial charge in [-0.2, -0.15) is 4.98 Å². The second-order valence-electron chi connectivity index (χ2n) is 2.41. The Morgan fingerprint density at radius 1 is 1.43 bits per heavy atom. The van der Waals surface area contributed by atoms with Crippen LogP contribution in [0.2, 0.25) is 5.28 Å². The Hall–Kier alpha value is -1.69. The van der Waals surface area contributed by atoms with Crippen LogP contribution >= 0.6 is 11.6 Å². The Bertz CT molecular complexity index is 404. The summed E-state index contributed by atoms with van der Waals surface area (Å²) < 4.78 is 4.57. The average molecular weight is 212 g/mol. The lowest BCUT2D eigenvalue weighted by Crippen LogP contribution is -2.03. The smallest absolute Gasteiger partial charge is 0.224 e. The van der Waals surface area contributed by atoms with E-state index in [1.165, 1.54) is 6.39 Å². The van der Waals surface area contributed by atoms with Crippen LogP contribution in [0, 0.1) is 0 Å². The first-order valence-electron chi connectivity index (χ1n) is 3.82. The summed E-state index contributed by atoms with van der Waals surface area (Å²) in [5.74, 6) is 1.18. The first-order valence-corrected chi connectivity index (χ1v) is 4.20. The molecule has 1 N–H and O–H groups in total. The summed E-state index contributed by atoms with van der Waals surface area (Å²) in [7, 11) is 0. The van der Waals surface area contributed by atoms with Gasteiger partial charge in [0.05, 0.1) is 6.54 Å². The van der Waals surface area contributed by atoms with Gasteiger partial charge in [-0.1, -0.05) is 5.16 Å². The Morgan fingerprint density at radius 2 is 2.36 bits per heavy atom. The van der Waals surface area contributed by atoms with E-state index in [4.69, 9.17) is 11.6 Å². The molecule has 0 aliphatic rings. The van der Waals surface area contributed by atoms with E-state index in [0.717, 1.165) is 0 Å². The van der Waals surface area contributed by atoms with Gasteiger partial charge in [0.15, 0.2) is 5.82 Å². The van der Waals surface area contributed by atoms with Gasteiger partial charge in [-0.15, -0.1) is 0 Å². The number of hydrogen-bond acceptors (Lipinski definition) is 6. The Kier molecular flexibility index (Phi) is 2.55. The van der Waals surface area contributed by atoms with Crippen LogP contribution in [-0.2, 0) is 6.54 Å². The summed E-state index contributed by atoms with van der Waals surface area (Å²) in [6.45, 7) is 0.434. The van der Waals surface area contributed by atoms with Crippen molar-refractivity contribution in [3.63, 3.8) is 0 Å². The maximum absolute atomic E-state index is 5.59. The minimum absolute atomic E-state index is 0.197. The number of hydrogen-bond donors (Lipinski definition) is 1. The summed E-state index contributed by atoms with van der Waals surface area (Å²) >= 11 is 5.59. The van der Waals surface area contributed by atoms with Gasteiger partial charge in [0.1, 0.15) is 5.82 Å². The third-order valence-electron chi connectivity index (χ3n) is 1.46. The van der Waals surface area contributed by atoms with Crippen molar-refractivity contribution in [2.45, 2.75) is 6.54 Å². The normalized spacial score (nSPS) is 10.1. The standard InChI is InChI=1S/C7H6ClN5O/c8-7-9-2-1-5(12-7)10-3-6-11-4-14-13-6/h1-2,4H,3H2,(H,9,10,12). The molecule has 0 radical (unpaired) electrons. The van der Waals surface area contributed by atoms with Gasteiger partial charge in [0.2, 0.25) is 11.7 Å². The molecule has 0 aliphatic carbocycles. The highest BCUT2D eigenvalue weighted by Gasteiger charge is 1.99.